The van der Waals surface area contributed by atoms with Crippen molar-refractivity contribution in [1.29, 1.82) is 5.26 Å². The molecule has 1 aliphatic rings. The summed E-state index contributed by atoms with van der Waals surface area (Å²) in [6.45, 7) is 0. The van der Waals surface area contributed by atoms with Gasteiger partial charge in [0.25, 0.3) is 5.69 Å². The first-order valence-electron chi connectivity index (χ1n) is 5.04. The molecule has 1 aliphatic carbocycles. The fourth-order valence-electron chi connectivity index (χ4n) is 1.46. The standard InChI is InChI=1S/C11H9N3O3/c12-7-11(4-5-11)10(15)13-8-2-1-3-9(6-8)14(16)17/h1-3,6H,4-5H2,(H,13,15). The van der Waals surface area contributed by atoms with Crippen molar-refractivity contribution in [3.8, 4) is 6.07 Å². The molecule has 6 nitrogen and oxygen atoms in total. The van der Waals surface area contributed by atoms with Crippen LogP contribution in [0.3, 0.4) is 0 Å². The number of nitro benzene ring substituents is 1. The first kappa shape index (κ1) is 11.1. The van der Waals surface area contributed by atoms with Gasteiger partial charge < -0.3 is 5.32 Å². The lowest BCUT2D eigenvalue weighted by Crippen LogP contribution is -2.22. The summed E-state index contributed by atoms with van der Waals surface area (Å²) in [6.07, 6.45) is 1.09. The van der Waals surface area contributed by atoms with Gasteiger partial charge in [-0.2, -0.15) is 5.26 Å². The molecule has 0 bridgehead atoms. The Morgan fingerprint density at radius 1 is 1.53 bits per heavy atom. The van der Waals surface area contributed by atoms with Crippen LogP contribution in [0.5, 0.6) is 0 Å². The Labute approximate surface area is 97.0 Å². The van der Waals surface area contributed by atoms with Gasteiger partial charge in [-0.1, -0.05) is 6.07 Å². The molecule has 0 heterocycles. The topological polar surface area (TPSA) is 96.0 Å². The minimum atomic E-state index is -0.926. The van der Waals surface area contributed by atoms with E-state index >= 15 is 0 Å². The molecule has 1 aromatic carbocycles. The minimum Gasteiger partial charge on any atom is -0.324 e. The summed E-state index contributed by atoms with van der Waals surface area (Å²) < 4.78 is 0. The van der Waals surface area contributed by atoms with Crippen molar-refractivity contribution in [3.63, 3.8) is 0 Å². The van der Waals surface area contributed by atoms with Crippen molar-refractivity contribution in [1.82, 2.24) is 0 Å². The van der Waals surface area contributed by atoms with Gasteiger partial charge in [0.2, 0.25) is 5.91 Å². The number of nitrogens with zero attached hydrogens (tertiary/aromatic N) is 2. The normalized spacial score (nSPS) is 15.7. The molecule has 0 saturated heterocycles. The Balaban J connectivity index is 2.15. The second kappa shape index (κ2) is 3.87. The Morgan fingerprint density at radius 2 is 2.24 bits per heavy atom. The largest absolute Gasteiger partial charge is 0.324 e. The first-order valence-corrected chi connectivity index (χ1v) is 5.04. The smallest absolute Gasteiger partial charge is 0.271 e. The van der Waals surface area contributed by atoms with Crippen LogP contribution in [-0.4, -0.2) is 10.8 Å². The van der Waals surface area contributed by atoms with Gasteiger partial charge in [0.15, 0.2) is 0 Å². The number of nitriles is 1. The zero-order valence-corrected chi connectivity index (χ0v) is 8.84. The maximum atomic E-state index is 11.7. The van der Waals surface area contributed by atoms with E-state index in [0.717, 1.165) is 0 Å². The van der Waals surface area contributed by atoms with E-state index in [4.69, 9.17) is 5.26 Å². The molecule has 0 aromatic heterocycles. The number of carbonyl (C=O) groups is 1. The summed E-state index contributed by atoms with van der Waals surface area (Å²) in [5.41, 5.74) is -0.680. The van der Waals surface area contributed by atoms with Crippen molar-refractivity contribution in [2.75, 3.05) is 5.32 Å². The van der Waals surface area contributed by atoms with Crippen LogP contribution in [0.4, 0.5) is 11.4 Å². The fraction of sp³-hybridized carbons (Fsp3) is 0.273. The molecular formula is C11H9N3O3. The van der Waals surface area contributed by atoms with Gasteiger partial charge in [-0.25, -0.2) is 0 Å². The molecule has 0 atom stereocenters. The zero-order chi connectivity index (χ0) is 12.5. The summed E-state index contributed by atoms with van der Waals surface area (Å²) in [5, 5.41) is 21.9. The molecule has 17 heavy (non-hydrogen) atoms. The van der Waals surface area contributed by atoms with Crippen LogP contribution >= 0.6 is 0 Å². The maximum Gasteiger partial charge on any atom is 0.271 e. The number of hydrogen-bond acceptors (Lipinski definition) is 4. The molecule has 1 N–H and O–H groups in total. The van der Waals surface area contributed by atoms with E-state index in [2.05, 4.69) is 5.32 Å². The van der Waals surface area contributed by atoms with E-state index in [0.29, 0.717) is 18.5 Å². The molecular weight excluding hydrogens is 222 g/mol. The summed E-state index contributed by atoms with van der Waals surface area (Å²) in [5.74, 6) is -0.388. The molecule has 0 aliphatic heterocycles. The van der Waals surface area contributed by atoms with E-state index in [1.54, 1.807) is 6.07 Å². The number of rotatable bonds is 3. The van der Waals surface area contributed by atoms with E-state index < -0.39 is 10.3 Å². The second-order valence-corrected chi connectivity index (χ2v) is 3.96. The lowest BCUT2D eigenvalue weighted by Gasteiger charge is -2.07. The number of anilines is 1. The molecule has 0 unspecified atom stereocenters. The quantitative estimate of drug-likeness (QED) is 0.634. The van der Waals surface area contributed by atoms with Crippen molar-refractivity contribution in [3.05, 3.63) is 34.4 Å². The van der Waals surface area contributed by atoms with Gasteiger partial charge in [-0.15, -0.1) is 0 Å². The second-order valence-electron chi connectivity index (χ2n) is 3.96. The monoisotopic (exact) mass is 231 g/mol. The summed E-state index contributed by atoms with van der Waals surface area (Å²) in [6, 6.07) is 7.61. The first-order chi connectivity index (χ1) is 8.07. The molecule has 2 rings (SSSR count). The van der Waals surface area contributed by atoms with E-state index in [-0.39, 0.29) is 11.6 Å². The molecule has 6 heteroatoms. The van der Waals surface area contributed by atoms with Gasteiger partial charge in [0.1, 0.15) is 5.41 Å². The molecule has 1 aromatic rings. The number of carbonyl (C=O) groups excluding carboxylic acids is 1. The van der Waals surface area contributed by atoms with Gasteiger partial charge in [-0.3, -0.25) is 14.9 Å². The van der Waals surface area contributed by atoms with Crippen LogP contribution in [0.15, 0.2) is 24.3 Å². The third kappa shape index (κ3) is 2.08. The average Bonchev–Trinajstić information content (AvgIpc) is 3.10. The highest BCUT2D eigenvalue weighted by Crippen LogP contribution is 2.45. The zero-order valence-electron chi connectivity index (χ0n) is 8.84. The van der Waals surface area contributed by atoms with Crippen molar-refractivity contribution in [2.45, 2.75) is 12.8 Å². The molecule has 1 amide bonds. The Bertz CT molecular complexity index is 529. The highest BCUT2D eigenvalue weighted by Gasteiger charge is 2.50. The van der Waals surface area contributed by atoms with Crippen LogP contribution < -0.4 is 5.32 Å². The number of benzene rings is 1. The highest BCUT2D eigenvalue weighted by molar-refractivity contribution is 5.99. The summed E-state index contributed by atoms with van der Waals surface area (Å²) in [4.78, 5) is 21.7. The highest BCUT2D eigenvalue weighted by atomic mass is 16.6. The number of nitrogens with one attached hydrogen (secondary N) is 1. The Hall–Kier alpha value is -2.42. The number of amides is 1. The van der Waals surface area contributed by atoms with Gasteiger partial charge in [-0.05, 0) is 18.9 Å². The third-order valence-electron chi connectivity index (χ3n) is 2.71. The van der Waals surface area contributed by atoms with E-state index in [1.807, 2.05) is 6.07 Å². The maximum absolute atomic E-state index is 11.7. The summed E-state index contributed by atoms with van der Waals surface area (Å²) >= 11 is 0. The van der Waals surface area contributed by atoms with E-state index in [9.17, 15) is 14.9 Å². The predicted octanol–water partition coefficient (Wildman–Crippen LogP) is 1.84. The van der Waals surface area contributed by atoms with Crippen molar-refractivity contribution < 1.29 is 9.72 Å². The lowest BCUT2D eigenvalue weighted by atomic mass is 10.1. The van der Waals surface area contributed by atoms with Crippen LogP contribution in [0.1, 0.15) is 12.8 Å². The predicted molar refractivity (Wildman–Crippen MR) is 59.0 cm³/mol. The molecule has 1 saturated carbocycles. The molecule has 1 fully saturated rings. The summed E-state index contributed by atoms with van der Waals surface area (Å²) in [7, 11) is 0. The lowest BCUT2D eigenvalue weighted by molar-refractivity contribution is -0.384. The fourth-order valence-corrected chi connectivity index (χ4v) is 1.46. The van der Waals surface area contributed by atoms with Crippen molar-refractivity contribution >= 4 is 17.3 Å². The minimum absolute atomic E-state index is 0.0930. The Morgan fingerprint density at radius 3 is 2.76 bits per heavy atom. The van der Waals surface area contributed by atoms with Crippen LogP contribution in [0.2, 0.25) is 0 Å². The molecule has 0 spiro atoms. The van der Waals surface area contributed by atoms with Gasteiger partial charge in [0.05, 0.1) is 11.0 Å². The van der Waals surface area contributed by atoms with Crippen LogP contribution in [0, 0.1) is 26.9 Å². The van der Waals surface area contributed by atoms with E-state index in [1.165, 1.54) is 18.2 Å². The van der Waals surface area contributed by atoms with Gasteiger partial charge in [0, 0.05) is 17.8 Å². The molecule has 0 radical (unpaired) electrons. The average molecular weight is 231 g/mol. The number of hydrogen-bond donors (Lipinski definition) is 1. The Kier molecular flexibility index (Phi) is 2.52. The number of non-ortho nitro benzene ring substituents is 1. The van der Waals surface area contributed by atoms with Gasteiger partial charge >= 0.3 is 0 Å². The number of nitro groups is 1. The molecule has 86 valence electrons. The van der Waals surface area contributed by atoms with Crippen LogP contribution in [-0.2, 0) is 4.79 Å². The SMILES string of the molecule is N#CC1(C(=O)Nc2cccc([N+](=O)[O-])c2)CC1. The third-order valence-corrected chi connectivity index (χ3v) is 2.71. The van der Waals surface area contributed by atoms with Crippen molar-refractivity contribution in [2.24, 2.45) is 5.41 Å². The van der Waals surface area contributed by atoms with Crippen LogP contribution in [0.25, 0.3) is 0 Å².